The number of fused-ring (bicyclic) bond motifs is 1. The quantitative estimate of drug-likeness (QED) is 0.333. The second-order valence-electron chi connectivity index (χ2n) is 6.21. The number of methoxy groups -OCH3 is 1. The molecule has 3 rings (SSSR count). The SMILES string of the molecule is CN=C(NCc1cc(OC)ccc1OC(F)F)NCC1Cc2ccccc2O1.I. The molecule has 29 heavy (non-hydrogen) atoms. The molecule has 158 valence electrons. The molecule has 1 heterocycles. The molecular formula is C20H24F2IN3O3. The monoisotopic (exact) mass is 519 g/mol. The number of nitrogens with zero attached hydrogens (tertiary/aromatic N) is 1. The number of para-hydroxylation sites is 1. The van der Waals surface area contributed by atoms with Gasteiger partial charge < -0.3 is 24.8 Å². The lowest BCUT2D eigenvalue weighted by Crippen LogP contribution is -2.42. The molecule has 0 amide bonds. The molecule has 1 aliphatic rings. The van der Waals surface area contributed by atoms with Gasteiger partial charge >= 0.3 is 6.61 Å². The zero-order valence-corrected chi connectivity index (χ0v) is 18.5. The normalized spacial score (nSPS) is 15.2. The summed E-state index contributed by atoms with van der Waals surface area (Å²) in [7, 11) is 3.15. The molecule has 0 aromatic heterocycles. The minimum Gasteiger partial charge on any atom is -0.497 e. The van der Waals surface area contributed by atoms with Gasteiger partial charge in [0.25, 0.3) is 0 Å². The molecule has 2 aromatic rings. The largest absolute Gasteiger partial charge is 0.497 e. The highest BCUT2D eigenvalue weighted by atomic mass is 127. The van der Waals surface area contributed by atoms with Gasteiger partial charge in [0.05, 0.1) is 13.7 Å². The van der Waals surface area contributed by atoms with E-state index in [9.17, 15) is 8.78 Å². The van der Waals surface area contributed by atoms with E-state index in [0.29, 0.717) is 23.8 Å². The second-order valence-corrected chi connectivity index (χ2v) is 6.21. The summed E-state index contributed by atoms with van der Waals surface area (Å²) in [6, 6.07) is 12.6. The van der Waals surface area contributed by atoms with Crippen molar-refractivity contribution in [2.75, 3.05) is 20.7 Å². The predicted molar refractivity (Wildman–Crippen MR) is 118 cm³/mol. The number of aliphatic imine (C=N–C) groups is 1. The van der Waals surface area contributed by atoms with Crippen molar-refractivity contribution < 1.29 is 23.0 Å². The van der Waals surface area contributed by atoms with Gasteiger partial charge in [-0.15, -0.1) is 24.0 Å². The maximum absolute atomic E-state index is 12.6. The minimum atomic E-state index is -2.90. The van der Waals surface area contributed by atoms with Gasteiger partial charge in [0.1, 0.15) is 23.4 Å². The molecule has 0 saturated carbocycles. The molecule has 2 aromatic carbocycles. The van der Waals surface area contributed by atoms with E-state index < -0.39 is 6.61 Å². The van der Waals surface area contributed by atoms with Crippen LogP contribution >= 0.6 is 24.0 Å². The van der Waals surface area contributed by atoms with Crippen molar-refractivity contribution in [1.29, 1.82) is 0 Å². The average molecular weight is 519 g/mol. The van der Waals surface area contributed by atoms with Crippen LogP contribution in [0.15, 0.2) is 47.5 Å². The first-order valence-electron chi connectivity index (χ1n) is 8.90. The van der Waals surface area contributed by atoms with Crippen LogP contribution < -0.4 is 24.8 Å². The molecular weight excluding hydrogens is 495 g/mol. The number of benzene rings is 2. The van der Waals surface area contributed by atoms with Crippen LogP contribution in [-0.2, 0) is 13.0 Å². The summed E-state index contributed by atoms with van der Waals surface area (Å²) >= 11 is 0. The third-order valence-corrected chi connectivity index (χ3v) is 4.36. The van der Waals surface area contributed by atoms with Gasteiger partial charge in [0.15, 0.2) is 5.96 Å². The van der Waals surface area contributed by atoms with E-state index in [4.69, 9.17) is 9.47 Å². The van der Waals surface area contributed by atoms with Gasteiger partial charge in [-0.2, -0.15) is 8.78 Å². The highest BCUT2D eigenvalue weighted by Crippen LogP contribution is 2.28. The van der Waals surface area contributed by atoms with Crippen LogP contribution in [0.3, 0.4) is 0 Å². The number of guanidine groups is 1. The number of hydrogen-bond acceptors (Lipinski definition) is 4. The highest BCUT2D eigenvalue weighted by Gasteiger charge is 2.22. The van der Waals surface area contributed by atoms with E-state index in [0.717, 1.165) is 12.2 Å². The molecule has 0 fully saturated rings. The number of halogens is 3. The summed E-state index contributed by atoms with van der Waals surface area (Å²) in [5, 5.41) is 6.30. The Morgan fingerprint density at radius 3 is 2.72 bits per heavy atom. The number of ether oxygens (including phenoxy) is 3. The van der Waals surface area contributed by atoms with E-state index >= 15 is 0 Å². The minimum absolute atomic E-state index is 0. The highest BCUT2D eigenvalue weighted by molar-refractivity contribution is 14.0. The number of rotatable bonds is 7. The van der Waals surface area contributed by atoms with Crippen molar-refractivity contribution in [1.82, 2.24) is 10.6 Å². The third-order valence-electron chi connectivity index (χ3n) is 4.36. The van der Waals surface area contributed by atoms with Crippen LogP contribution in [0.2, 0.25) is 0 Å². The van der Waals surface area contributed by atoms with Crippen molar-refractivity contribution in [3.05, 3.63) is 53.6 Å². The Morgan fingerprint density at radius 2 is 2.03 bits per heavy atom. The van der Waals surface area contributed by atoms with E-state index in [2.05, 4.69) is 26.4 Å². The van der Waals surface area contributed by atoms with Crippen molar-refractivity contribution in [3.8, 4) is 17.2 Å². The fourth-order valence-corrected chi connectivity index (χ4v) is 3.01. The number of nitrogens with one attached hydrogen (secondary N) is 2. The van der Waals surface area contributed by atoms with Gasteiger partial charge in [-0.3, -0.25) is 4.99 Å². The van der Waals surface area contributed by atoms with Gasteiger partial charge in [0, 0.05) is 25.6 Å². The Morgan fingerprint density at radius 1 is 1.24 bits per heavy atom. The molecule has 0 saturated heterocycles. The summed E-state index contributed by atoms with van der Waals surface area (Å²) in [4.78, 5) is 4.17. The molecule has 2 N–H and O–H groups in total. The molecule has 1 atom stereocenters. The Hall–Kier alpha value is -2.30. The molecule has 0 aliphatic carbocycles. The topological polar surface area (TPSA) is 64.1 Å². The summed E-state index contributed by atoms with van der Waals surface area (Å²) in [5.41, 5.74) is 1.72. The Bertz CT molecular complexity index is 811. The molecule has 0 radical (unpaired) electrons. The summed E-state index contributed by atoms with van der Waals surface area (Å²) in [6.45, 7) is -2.09. The second kappa shape index (κ2) is 11.0. The first-order chi connectivity index (χ1) is 13.6. The van der Waals surface area contributed by atoms with Crippen molar-refractivity contribution in [3.63, 3.8) is 0 Å². The smallest absolute Gasteiger partial charge is 0.387 e. The maximum atomic E-state index is 12.6. The molecule has 6 nitrogen and oxygen atoms in total. The number of alkyl halides is 2. The van der Waals surface area contributed by atoms with E-state index in [1.54, 1.807) is 19.2 Å². The van der Waals surface area contributed by atoms with Crippen LogP contribution in [0.5, 0.6) is 17.2 Å². The van der Waals surface area contributed by atoms with Crippen LogP contribution in [0, 0.1) is 0 Å². The van der Waals surface area contributed by atoms with Gasteiger partial charge in [-0.25, -0.2) is 0 Å². The number of hydrogen-bond donors (Lipinski definition) is 2. The van der Waals surface area contributed by atoms with E-state index in [-0.39, 0.29) is 42.4 Å². The maximum Gasteiger partial charge on any atom is 0.387 e. The Labute approximate surface area is 185 Å². The van der Waals surface area contributed by atoms with Crippen molar-refractivity contribution >= 4 is 29.9 Å². The fourth-order valence-electron chi connectivity index (χ4n) is 3.01. The zero-order chi connectivity index (χ0) is 19.9. The lowest BCUT2D eigenvalue weighted by Gasteiger charge is -2.17. The van der Waals surface area contributed by atoms with Crippen LogP contribution in [0.25, 0.3) is 0 Å². The molecule has 1 unspecified atom stereocenters. The summed E-state index contributed by atoms with van der Waals surface area (Å²) in [6.07, 6.45) is 0.827. The molecule has 0 spiro atoms. The van der Waals surface area contributed by atoms with E-state index in [1.807, 2.05) is 18.2 Å². The van der Waals surface area contributed by atoms with Gasteiger partial charge in [-0.1, -0.05) is 18.2 Å². The lowest BCUT2D eigenvalue weighted by atomic mass is 10.1. The predicted octanol–water partition coefficient (Wildman–Crippen LogP) is 3.58. The standard InChI is InChI=1S/C20H23F2N3O3.HI/c1-23-20(25-12-16-9-13-5-3-4-6-17(13)27-16)24-11-14-10-15(26-2)7-8-18(14)28-19(21)22;/h3-8,10,16,19H,9,11-12H2,1-2H3,(H2,23,24,25);1H. The summed E-state index contributed by atoms with van der Waals surface area (Å²) in [5.74, 6) is 2.08. The van der Waals surface area contributed by atoms with E-state index in [1.165, 1.54) is 18.7 Å². The first-order valence-corrected chi connectivity index (χ1v) is 8.90. The molecule has 0 bridgehead atoms. The van der Waals surface area contributed by atoms with Crippen LogP contribution in [0.1, 0.15) is 11.1 Å². The lowest BCUT2D eigenvalue weighted by molar-refractivity contribution is -0.0505. The average Bonchev–Trinajstić information content (AvgIpc) is 3.11. The van der Waals surface area contributed by atoms with Crippen LogP contribution in [-0.4, -0.2) is 39.4 Å². The van der Waals surface area contributed by atoms with Crippen molar-refractivity contribution in [2.45, 2.75) is 25.7 Å². The van der Waals surface area contributed by atoms with Gasteiger partial charge in [-0.05, 0) is 29.8 Å². The fraction of sp³-hybridized carbons (Fsp3) is 0.350. The third kappa shape index (κ3) is 6.34. The Kier molecular flexibility index (Phi) is 8.74. The Balaban J connectivity index is 0.00000300. The molecule has 1 aliphatic heterocycles. The summed E-state index contributed by atoms with van der Waals surface area (Å²) < 4.78 is 40.9. The zero-order valence-electron chi connectivity index (χ0n) is 16.2. The van der Waals surface area contributed by atoms with Crippen molar-refractivity contribution in [2.24, 2.45) is 4.99 Å². The van der Waals surface area contributed by atoms with Gasteiger partial charge in [0.2, 0.25) is 0 Å². The first kappa shape index (κ1) is 23.0. The van der Waals surface area contributed by atoms with Crippen LogP contribution in [0.4, 0.5) is 8.78 Å². The molecule has 9 heteroatoms.